The number of carbonyl (C=O) groups is 1. The maximum absolute atomic E-state index is 11.9. The molecule has 1 aliphatic carbocycles. The lowest BCUT2D eigenvalue weighted by molar-refractivity contribution is -0.213. The Kier molecular flexibility index (Phi) is 3.92. The van der Waals surface area contributed by atoms with Crippen LogP contribution in [0.3, 0.4) is 0 Å². The first-order chi connectivity index (χ1) is 9.07. The molecule has 1 atom stereocenters. The molecule has 4 nitrogen and oxygen atoms in total. The largest absolute Gasteiger partial charge is 0.479 e. The highest BCUT2D eigenvalue weighted by Gasteiger charge is 2.58. The molecule has 0 radical (unpaired) electrons. The van der Waals surface area contributed by atoms with E-state index in [1.54, 1.807) is 24.3 Å². The van der Waals surface area contributed by atoms with E-state index < -0.39 is 17.2 Å². The fourth-order valence-electron chi connectivity index (χ4n) is 3.15. The fraction of sp³-hybridized carbons (Fsp3) is 0.533. The molecule has 1 aliphatic rings. The van der Waals surface area contributed by atoms with Crippen LogP contribution in [0.2, 0.25) is 0 Å². The highest BCUT2D eigenvalue weighted by molar-refractivity contribution is 5.81. The predicted octanol–water partition coefficient (Wildman–Crippen LogP) is 2.31. The minimum Gasteiger partial charge on any atom is -0.479 e. The van der Waals surface area contributed by atoms with Crippen molar-refractivity contribution in [2.75, 3.05) is 7.11 Å². The Balaban J connectivity index is 2.54. The molecule has 0 unspecified atom stereocenters. The van der Waals surface area contributed by atoms with Gasteiger partial charge in [-0.3, -0.25) is 0 Å². The zero-order valence-electron chi connectivity index (χ0n) is 11.1. The van der Waals surface area contributed by atoms with E-state index in [-0.39, 0.29) is 0 Å². The summed E-state index contributed by atoms with van der Waals surface area (Å²) < 4.78 is 5.38. The molecule has 1 fully saturated rings. The quantitative estimate of drug-likeness (QED) is 0.875. The molecule has 19 heavy (non-hydrogen) atoms. The standard InChI is InChI=1S/C15H20O4/c1-19-15(13(16)17,12-8-4-2-5-9-12)14(18)10-6-3-7-11-14/h2,4-5,8-9,18H,3,6-7,10-11H2,1H3,(H,16,17)/t15-/m0/s1. The van der Waals surface area contributed by atoms with Gasteiger partial charge in [0.25, 0.3) is 0 Å². The van der Waals surface area contributed by atoms with Gasteiger partial charge >= 0.3 is 5.97 Å². The topological polar surface area (TPSA) is 66.8 Å². The second-order valence-electron chi connectivity index (χ2n) is 5.15. The van der Waals surface area contributed by atoms with Crippen molar-refractivity contribution in [2.24, 2.45) is 0 Å². The number of carboxylic acid groups (broad SMARTS) is 1. The van der Waals surface area contributed by atoms with Crippen LogP contribution >= 0.6 is 0 Å². The second-order valence-corrected chi connectivity index (χ2v) is 5.15. The van der Waals surface area contributed by atoms with Gasteiger partial charge in [-0.05, 0) is 18.4 Å². The van der Waals surface area contributed by atoms with Gasteiger partial charge in [0.15, 0.2) is 0 Å². The number of aliphatic carboxylic acids is 1. The van der Waals surface area contributed by atoms with E-state index >= 15 is 0 Å². The first kappa shape index (κ1) is 14.0. The number of ether oxygens (including phenoxy) is 1. The molecule has 0 aromatic heterocycles. The molecular formula is C15H20O4. The summed E-state index contributed by atoms with van der Waals surface area (Å²) in [7, 11) is 1.35. The molecule has 1 aromatic carbocycles. The van der Waals surface area contributed by atoms with Crippen LogP contribution in [-0.4, -0.2) is 28.9 Å². The normalized spacial score (nSPS) is 21.6. The summed E-state index contributed by atoms with van der Waals surface area (Å²) in [6.07, 6.45) is 3.56. The molecule has 4 heteroatoms. The number of methoxy groups -OCH3 is 1. The first-order valence-corrected chi connectivity index (χ1v) is 6.63. The molecule has 0 aliphatic heterocycles. The Morgan fingerprint density at radius 1 is 1.21 bits per heavy atom. The number of aliphatic hydroxyl groups is 1. The number of rotatable bonds is 4. The monoisotopic (exact) mass is 264 g/mol. The Hall–Kier alpha value is -1.39. The molecule has 2 N–H and O–H groups in total. The average molecular weight is 264 g/mol. The Bertz CT molecular complexity index is 437. The van der Waals surface area contributed by atoms with Gasteiger partial charge in [-0.15, -0.1) is 0 Å². The summed E-state index contributed by atoms with van der Waals surface area (Å²) in [4.78, 5) is 11.9. The van der Waals surface area contributed by atoms with Gasteiger partial charge in [0.2, 0.25) is 5.60 Å². The Labute approximate surface area is 113 Å². The second kappa shape index (κ2) is 5.31. The number of carboxylic acids is 1. The van der Waals surface area contributed by atoms with E-state index in [1.807, 2.05) is 6.07 Å². The average Bonchev–Trinajstić information content (AvgIpc) is 2.41. The highest BCUT2D eigenvalue weighted by Crippen LogP contribution is 2.45. The van der Waals surface area contributed by atoms with Crippen LogP contribution in [0.4, 0.5) is 0 Å². The summed E-state index contributed by atoms with van der Waals surface area (Å²) in [5.41, 5.74) is -2.54. The zero-order chi connectivity index (χ0) is 13.9. The van der Waals surface area contributed by atoms with Crippen LogP contribution in [0.5, 0.6) is 0 Å². The lowest BCUT2D eigenvalue weighted by atomic mass is 9.69. The van der Waals surface area contributed by atoms with Gasteiger partial charge in [0, 0.05) is 7.11 Å². The van der Waals surface area contributed by atoms with Crippen LogP contribution in [0.15, 0.2) is 30.3 Å². The van der Waals surface area contributed by atoms with Crippen molar-refractivity contribution in [1.82, 2.24) is 0 Å². The van der Waals surface area contributed by atoms with Gasteiger partial charge in [-0.2, -0.15) is 0 Å². The third-order valence-electron chi connectivity index (χ3n) is 4.12. The van der Waals surface area contributed by atoms with Crippen LogP contribution < -0.4 is 0 Å². The van der Waals surface area contributed by atoms with Crippen LogP contribution in [0, 0.1) is 0 Å². The summed E-state index contributed by atoms with van der Waals surface area (Å²) in [6.45, 7) is 0. The van der Waals surface area contributed by atoms with Crippen molar-refractivity contribution in [3.05, 3.63) is 35.9 Å². The SMILES string of the molecule is CO[C@](C(=O)O)(c1ccccc1)C1(O)CCCCC1. The Morgan fingerprint density at radius 3 is 2.26 bits per heavy atom. The molecule has 0 heterocycles. The lowest BCUT2D eigenvalue weighted by Gasteiger charge is -2.45. The van der Waals surface area contributed by atoms with Gasteiger partial charge in [0.05, 0.1) is 0 Å². The van der Waals surface area contributed by atoms with Crippen molar-refractivity contribution in [3.8, 4) is 0 Å². The predicted molar refractivity (Wildman–Crippen MR) is 70.8 cm³/mol. The van der Waals surface area contributed by atoms with Gasteiger partial charge in [0.1, 0.15) is 5.60 Å². The molecular weight excluding hydrogens is 244 g/mol. The molecule has 0 saturated heterocycles. The van der Waals surface area contributed by atoms with Crippen molar-refractivity contribution >= 4 is 5.97 Å². The summed E-state index contributed by atoms with van der Waals surface area (Å²) in [5, 5.41) is 20.6. The number of hydrogen-bond donors (Lipinski definition) is 2. The summed E-state index contributed by atoms with van der Waals surface area (Å²) in [6, 6.07) is 8.74. The number of hydrogen-bond acceptors (Lipinski definition) is 3. The summed E-state index contributed by atoms with van der Waals surface area (Å²) >= 11 is 0. The minimum absolute atomic E-state index is 0.446. The van der Waals surface area contributed by atoms with E-state index in [2.05, 4.69) is 0 Å². The van der Waals surface area contributed by atoms with E-state index in [9.17, 15) is 15.0 Å². The summed E-state index contributed by atoms with van der Waals surface area (Å²) in [5.74, 6) is -1.13. The molecule has 0 bridgehead atoms. The molecule has 2 rings (SSSR count). The van der Waals surface area contributed by atoms with Crippen LogP contribution in [0.1, 0.15) is 37.7 Å². The van der Waals surface area contributed by atoms with Crippen molar-refractivity contribution in [2.45, 2.75) is 43.3 Å². The van der Waals surface area contributed by atoms with E-state index in [0.29, 0.717) is 18.4 Å². The third-order valence-corrected chi connectivity index (χ3v) is 4.12. The van der Waals surface area contributed by atoms with Gasteiger partial charge in [-0.1, -0.05) is 49.6 Å². The van der Waals surface area contributed by atoms with E-state index in [4.69, 9.17) is 4.74 Å². The first-order valence-electron chi connectivity index (χ1n) is 6.63. The van der Waals surface area contributed by atoms with Crippen LogP contribution in [0.25, 0.3) is 0 Å². The van der Waals surface area contributed by atoms with Gasteiger partial charge < -0.3 is 14.9 Å². The van der Waals surface area contributed by atoms with E-state index in [1.165, 1.54) is 7.11 Å². The smallest absolute Gasteiger partial charge is 0.343 e. The molecule has 0 spiro atoms. The minimum atomic E-state index is -1.69. The molecule has 104 valence electrons. The fourth-order valence-corrected chi connectivity index (χ4v) is 3.15. The third kappa shape index (κ3) is 2.15. The van der Waals surface area contributed by atoms with Crippen molar-refractivity contribution in [3.63, 3.8) is 0 Å². The maximum Gasteiger partial charge on any atom is 0.343 e. The van der Waals surface area contributed by atoms with E-state index in [0.717, 1.165) is 19.3 Å². The highest BCUT2D eigenvalue weighted by atomic mass is 16.5. The van der Waals surface area contributed by atoms with Crippen molar-refractivity contribution in [1.29, 1.82) is 0 Å². The molecule has 0 amide bonds. The zero-order valence-corrected chi connectivity index (χ0v) is 11.1. The lowest BCUT2D eigenvalue weighted by Crippen LogP contribution is -2.58. The Morgan fingerprint density at radius 2 is 1.79 bits per heavy atom. The van der Waals surface area contributed by atoms with Crippen molar-refractivity contribution < 1.29 is 19.7 Å². The van der Waals surface area contributed by atoms with Crippen LogP contribution in [-0.2, 0) is 15.1 Å². The van der Waals surface area contributed by atoms with Gasteiger partial charge in [-0.25, -0.2) is 4.79 Å². The maximum atomic E-state index is 11.9. The molecule has 1 saturated carbocycles. The molecule has 1 aromatic rings. The number of benzene rings is 1.